The molecule has 0 saturated carbocycles. The van der Waals surface area contributed by atoms with E-state index in [1.165, 1.54) is 18.4 Å². The number of hydrogen-bond acceptors (Lipinski definition) is 9. The fourth-order valence-electron chi connectivity index (χ4n) is 5.66. The highest BCUT2D eigenvalue weighted by molar-refractivity contribution is 7.09. The van der Waals surface area contributed by atoms with E-state index in [9.17, 15) is 14.4 Å². The number of aromatic nitrogens is 1. The lowest BCUT2D eigenvalue weighted by Gasteiger charge is -2.22. The summed E-state index contributed by atoms with van der Waals surface area (Å²) >= 11 is 1.44. The molecule has 3 amide bonds. The largest absolute Gasteiger partial charge is 0.496 e. The molecule has 11 nitrogen and oxygen atoms in total. The quantitative estimate of drug-likeness (QED) is 0.332. The molecule has 1 saturated heterocycles. The summed E-state index contributed by atoms with van der Waals surface area (Å²) < 4.78 is 23.3. The van der Waals surface area contributed by atoms with Gasteiger partial charge in [0.2, 0.25) is 5.91 Å². The van der Waals surface area contributed by atoms with Crippen LogP contribution in [0.15, 0.2) is 72.1 Å². The van der Waals surface area contributed by atoms with Crippen LogP contribution in [-0.4, -0.2) is 73.7 Å². The Morgan fingerprint density at radius 2 is 1.81 bits per heavy atom. The zero-order valence-corrected chi connectivity index (χ0v) is 27.0. The van der Waals surface area contributed by atoms with Crippen molar-refractivity contribution in [2.45, 2.75) is 38.0 Å². The molecule has 0 radical (unpaired) electrons. The highest BCUT2D eigenvalue weighted by Crippen LogP contribution is 2.30. The molecule has 0 unspecified atom stereocenters. The molecule has 3 aromatic carbocycles. The van der Waals surface area contributed by atoms with E-state index in [1.807, 2.05) is 42.5 Å². The zero-order valence-electron chi connectivity index (χ0n) is 26.2. The average molecular weight is 657 g/mol. The molecule has 244 valence electrons. The molecule has 9 rings (SSSR count). The van der Waals surface area contributed by atoms with E-state index in [4.69, 9.17) is 18.9 Å². The van der Waals surface area contributed by atoms with Crippen molar-refractivity contribution < 1.29 is 33.3 Å². The van der Waals surface area contributed by atoms with Crippen LogP contribution >= 0.6 is 11.3 Å². The molecule has 1 fully saturated rings. The fraction of sp³-hybridized carbons (Fsp3) is 0.314. The Hall–Kier alpha value is -5.10. The van der Waals surface area contributed by atoms with E-state index < -0.39 is 12.1 Å². The predicted molar refractivity (Wildman–Crippen MR) is 175 cm³/mol. The van der Waals surface area contributed by atoms with Gasteiger partial charge in [-0.2, -0.15) is 0 Å². The van der Waals surface area contributed by atoms with Crippen LogP contribution in [0.25, 0.3) is 0 Å². The number of nitrogens with zero attached hydrogens (tertiary/aromatic N) is 2. The van der Waals surface area contributed by atoms with Gasteiger partial charge in [-0.25, -0.2) is 4.98 Å². The van der Waals surface area contributed by atoms with Crippen LogP contribution in [0.3, 0.4) is 0 Å². The van der Waals surface area contributed by atoms with Crippen LogP contribution in [0.5, 0.6) is 23.0 Å². The molecule has 4 aromatic rings. The molecule has 0 aliphatic carbocycles. The third-order valence-electron chi connectivity index (χ3n) is 8.12. The highest BCUT2D eigenvalue weighted by atomic mass is 32.1. The molecular weight excluding hydrogens is 620 g/mol. The minimum Gasteiger partial charge on any atom is -0.496 e. The first-order valence-electron chi connectivity index (χ1n) is 15.4. The maximum absolute atomic E-state index is 13.6. The van der Waals surface area contributed by atoms with Gasteiger partial charge in [0, 0.05) is 42.9 Å². The Balaban J connectivity index is 1.23. The number of rotatable bonds is 5. The minimum absolute atomic E-state index is 0.108. The normalized spacial score (nSPS) is 18.4. The number of hydrogen-bond donors (Lipinski definition) is 2. The Labute approximate surface area is 276 Å². The van der Waals surface area contributed by atoms with Gasteiger partial charge in [-0.15, -0.1) is 11.3 Å². The third-order valence-corrected chi connectivity index (χ3v) is 8.97. The average Bonchev–Trinajstić information content (AvgIpc) is 3.72. The number of ether oxygens (including phenoxy) is 4. The standard InChI is InChI=1S/C35H36N4O7S/c1-43-29-16-25-11-10-24(29)17-36-32(40)13-9-23-8-12-28(30(14-23)44-2)45-20-33(41)37-26-18-39(19-31(26)46-25)35(42)27-21-47-34(38-27)15-22-6-4-3-5-7-22/h3-8,10-12,14,16,21,26,31H,9,13,15,17-20H2,1-2H3,(H,36,40)(H,37,41)/t26-,31-/m1/s1. The summed E-state index contributed by atoms with van der Waals surface area (Å²) in [7, 11) is 3.08. The summed E-state index contributed by atoms with van der Waals surface area (Å²) in [4.78, 5) is 45.7. The number of amides is 3. The maximum Gasteiger partial charge on any atom is 0.273 e. The van der Waals surface area contributed by atoms with Gasteiger partial charge in [0.1, 0.15) is 23.3 Å². The van der Waals surface area contributed by atoms with Crippen LogP contribution in [0.4, 0.5) is 0 Å². The monoisotopic (exact) mass is 656 g/mol. The molecule has 5 aliphatic rings. The Bertz CT molecular complexity index is 1740. The summed E-state index contributed by atoms with van der Waals surface area (Å²) in [6.45, 7) is 0.459. The summed E-state index contributed by atoms with van der Waals surface area (Å²) in [6, 6.07) is 20.2. The van der Waals surface area contributed by atoms with E-state index in [0.717, 1.165) is 21.7 Å². The van der Waals surface area contributed by atoms with E-state index in [-0.39, 0.29) is 50.4 Å². The second kappa shape index (κ2) is 14.5. The van der Waals surface area contributed by atoms with Crippen molar-refractivity contribution in [3.05, 3.63) is 99.5 Å². The summed E-state index contributed by atoms with van der Waals surface area (Å²) in [6.07, 6.45) is 0.849. The first kappa shape index (κ1) is 31.9. The fourth-order valence-corrected chi connectivity index (χ4v) is 6.46. The number of methoxy groups -OCH3 is 2. The molecule has 5 aliphatic heterocycles. The number of benzene rings is 3. The molecule has 0 spiro atoms. The predicted octanol–water partition coefficient (Wildman–Crippen LogP) is 3.78. The summed E-state index contributed by atoms with van der Waals surface area (Å²) in [5.74, 6) is 1.20. The molecule has 12 heteroatoms. The Morgan fingerprint density at radius 3 is 2.62 bits per heavy atom. The third kappa shape index (κ3) is 7.83. The summed E-state index contributed by atoms with van der Waals surface area (Å²) in [5, 5.41) is 8.58. The molecule has 47 heavy (non-hydrogen) atoms. The van der Waals surface area contributed by atoms with E-state index in [2.05, 4.69) is 15.6 Å². The van der Waals surface area contributed by atoms with Crippen molar-refractivity contribution >= 4 is 29.1 Å². The number of thiazole rings is 1. The molecule has 2 atom stereocenters. The molecular formula is C35H36N4O7S. The van der Waals surface area contributed by atoms with Gasteiger partial charge in [-0.1, -0.05) is 36.4 Å². The van der Waals surface area contributed by atoms with Crippen molar-refractivity contribution in [3.8, 4) is 23.0 Å². The highest BCUT2D eigenvalue weighted by Gasteiger charge is 2.39. The lowest BCUT2D eigenvalue weighted by atomic mass is 10.1. The first-order valence-corrected chi connectivity index (χ1v) is 16.2. The van der Waals surface area contributed by atoms with Gasteiger partial charge in [-0.05, 0) is 41.8 Å². The van der Waals surface area contributed by atoms with Gasteiger partial charge < -0.3 is 34.5 Å². The molecule has 6 heterocycles. The van der Waals surface area contributed by atoms with E-state index in [0.29, 0.717) is 41.5 Å². The second-order valence-corrected chi connectivity index (χ2v) is 12.3. The number of carbonyl (C=O) groups excluding carboxylic acids is 3. The van der Waals surface area contributed by atoms with Crippen LogP contribution in [0.2, 0.25) is 0 Å². The van der Waals surface area contributed by atoms with Crippen molar-refractivity contribution in [1.29, 1.82) is 0 Å². The first-order chi connectivity index (χ1) is 22.9. The molecule has 2 N–H and O–H groups in total. The van der Waals surface area contributed by atoms with Crippen LogP contribution in [0.1, 0.15) is 38.6 Å². The van der Waals surface area contributed by atoms with Gasteiger partial charge in [0.05, 0.1) is 31.8 Å². The Morgan fingerprint density at radius 1 is 0.979 bits per heavy atom. The number of nitrogens with one attached hydrogen (secondary N) is 2. The van der Waals surface area contributed by atoms with Gasteiger partial charge in [0.25, 0.3) is 11.8 Å². The number of carbonyl (C=O) groups is 3. The lowest BCUT2D eigenvalue weighted by molar-refractivity contribution is -0.124. The smallest absolute Gasteiger partial charge is 0.273 e. The van der Waals surface area contributed by atoms with Crippen LogP contribution in [-0.2, 0) is 29.0 Å². The molecule has 4 bridgehead atoms. The number of aryl methyl sites for hydroxylation is 1. The van der Waals surface area contributed by atoms with Crippen molar-refractivity contribution in [1.82, 2.24) is 20.5 Å². The van der Waals surface area contributed by atoms with Gasteiger partial charge >= 0.3 is 0 Å². The van der Waals surface area contributed by atoms with Crippen molar-refractivity contribution in [3.63, 3.8) is 0 Å². The van der Waals surface area contributed by atoms with Crippen molar-refractivity contribution in [2.24, 2.45) is 0 Å². The zero-order chi connectivity index (χ0) is 32.8. The Kier molecular flexibility index (Phi) is 9.86. The van der Waals surface area contributed by atoms with Gasteiger partial charge in [-0.3, -0.25) is 14.4 Å². The van der Waals surface area contributed by atoms with E-state index >= 15 is 0 Å². The summed E-state index contributed by atoms with van der Waals surface area (Å²) in [5.41, 5.74) is 3.16. The van der Waals surface area contributed by atoms with Crippen molar-refractivity contribution in [2.75, 3.05) is 33.9 Å². The minimum atomic E-state index is -0.569. The topological polar surface area (TPSA) is 128 Å². The molecule has 1 aromatic heterocycles. The van der Waals surface area contributed by atoms with Crippen LogP contribution < -0.4 is 29.6 Å². The SMILES string of the molecule is COc1cc2ccc1CNC(=O)CCc1ccc(c(OC)c1)OCC(=O)N[C@@H]1CN(C(=O)c3csc(Cc4ccccc4)n3)C[C@H]1O2. The van der Waals surface area contributed by atoms with E-state index in [1.54, 1.807) is 41.7 Å². The van der Waals surface area contributed by atoms with Gasteiger partial charge in [0.15, 0.2) is 18.1 Å². The number of likely N-dealkylation sites (tertiary alicyclic amines) is 1. The maximum atomic E-state index is 13.6. The van der Waals surface area contributed by atoms with Crippen LogP contribution in [0, 0.1) is 0 Å². The second-order valence-electron chi connectivity index (χ2n) is 11.4. The lowest BCUT2D eigenvalue weighted by Crippen LogP contribution is -2.46.